The fourth-order valence-electron chi connectivity index (χ4n) is 0.966. The Morgan fingerprint density at radius 2 is 2.36 bits per heavy atom. The van der Waals surface area contributed by atoms with Crippen LogP contribution in [0.2, 0.25) is 0 Å². The van der Waals surface area contributed by atoms with Crippen molar-refractivity contribution in [1.29, 1.82) is 0 Å². The van der Waals surface area contributed by atoms with Crippen LogP contribution in [0.5, 0.6) is 0 Å². The van der Waals surface area contributed by atoms with Crippen LogP contribution < -0.4 is 0 Å². The highest BCUT2D eigenvalue weighted by atomic mass is 32.2. The highest BCUT2D eigenvalue weighted by molar-refractivity contribution is 7.86. The Labute approximate surface area is 90.8 Å². The predicted molar refractivity (Wildman–Crippen MR) is 61.4 cm³/mol. The Morgan fingerprint density at radius 1 is 1.64 bits per heavy atom. The molecule has 0 fully saturated rings. The average molecular weight is 230 g/mol. The summed E-state index contributed by atoms with van der Waals surface area (Å²) in [6.07, 6.45) is 0.852. The number of hydrogen-bond acceptors (Lipinski definition) is 3. The summed E-state index contributed by atoms with van der Waals surface area (Å²) in [4.78, 5) is 12.3. The number of ketones is 1. The number of thiophene rings is 1. The van der Waals surface area contributed by atoms with Crippen LogP contribution in [0.15, 0.2) is 17.5 Å². The predicted octanol–water partition coefficient (Wildman–Crippen LogP) is 2.48. The lowest BCUT2D eigenvalue weighted by atomic mass is 10.3. The van der Waals surface area contributed by atoms with Gasteiger partial charge >= 0.3 is 0 Å². The van der Waals surface area contributed by atoms with Gasteiger partial charge in [0.1, 0.15) is 0 Å². The van der Waals surface area contributed by atoms with Crippen LogP contribution in [0.3, 0.4) is 0 Å². The van der Waals surface area contributed by atoms with E-state index in [1.807, 2.05) is 25.3 Å². The van der Waals surface area contributed by atoms with E-state index >= 15 is 0 Å². The number of Topliss-reactive ketones (excluding diaryl/α,β-unsaturated/α-hetero) is 1. The molecule has 78 valence electrons. The van der Waals surface area contributed by atoms with Gasteiger partial charge in [-0.05, 0) is 17.9 Å². The third-order valence-electron chi connectivity index (χ3n) is 2.09. The van der Waals surface area contributed by atoms with Crippen molar-refractivity contribution in [2.75, 3.05) is 5.75 Å². The fraction of sp³-hybridized carbons (Fsp3) is 0.500. The van der Waals surface area contributed by atoms with E-state index in [9.17, 15) is 9.00 Å². The summed E-state index contributed by atoms with van der Waals surface area (Å²) >= 11 is 1.41. The molecule has 1 rings (SSSR count). The van der Waals surface area contributed by atoms with Gasteiger partial charge in [-0.3, -0.25) is 9.00 Å². The second-order valence-corrected chi connectivity index (χ2v) is 5.95. The molecule has 0 aliphatic heterocycles. The summed E-state index contributed by atoms with van der Waals surface area (Å²) in [5, 5.41) is 1.97. The van der Waals surface area contributed by atoms with Crippen molar-refractivity contribution in [2.24, 2.45) is 0 Å². The van der Waals surface area contributed by atoms with Gasteiger partial charge in [-0.15, -0.1) is 11.3 Å². The van der Waals surface area contributed by atoms with Gasteiger partial charge in [0.2, 0.25) is 0 Å². The number of carbonyl (C=O) groups is 1. The maximum absolute atomic E-state index is 11.6. The third-order valence-corrected chi connectivity index (χ3v) is 4.78. The van der Waals surface area contributed by atoms with Crippen LogP contribution in [-0.2, 0) is 10.8 Å². The molecule has 14 heavy (non-hydrogen) atoms. The second kappa shape index (κ2) is 5.41. The molecule has 2 unspecified atom stereocenters. The Bertz CT molecular complexity index is 317. The molecule has 2 nitrogen and oxygen atoms in total. The maximum atomic E-state index is 11.6. The van der Waals surface area contributed by atoms with Crippen LogP contribution in [0.1, 0.15) is 29.9 Å². The average Bonchev–Trinajstić information content (AvgIpc) is 2.69. The second-order valence-electron chi connectivity index (χ2n) is 3.14. The van der Waals surface area contributed by atoms with E-state index in [4.69, 9.17) is 0 Å². The van der Waals surface area contributed by atoms with Gasteiger partial charge in [0, 0.05) is 16.0 Å². The molecule has 0 aromatic carbocycles. The highest BCUT2D eigenvalue weighted by Gasteiger charge is 2.15. The molecule has 0 aliphatic rings. The van der Waals surface area contributed by atoms with E-state index in [1.54, 1.807) is 6.07 Å². The minimum absolute atomic E-state index is 0.00127. The number of hydrogen-bond donors (Lipinski definition) is 0. The zero-order chi connectivity index (χ0) is 10.6. The van der Waals surface area contributed by atoms with E-state index in [0.717, 1.165) is 6.42 Å². The summed E-state index contributed by atoms with van der Waals surface area (Å²) in [5.74, 6) is 0.161. The lowest BCUT2D eigenvalue weighted by Gasteiger charge is -2.06. The monoisotopic (exact) mass is 230 g/mol. The van der Waals surface area contributed by atoms with Crippen molar-refractivity contribution in [3.63, 3.8) is 0 Å². The van der Waals surface area contributed by atoms with Gasteiger partial charge in [0.15, 0.2) is 5.78 Å². The van der Waals surface area contributed by atoms with Gasteiger partial charge in [0.25, 0.3) is 0 Å². The number of rotatable bonds is 5. The molecule has 4 heteroatoms. The molecule has 1 aromatic heterocycles. The molecule has 1 heterocycles. The first-order valence-corrected chi connectivity index (χ1v) is 6.85. The first-order valence-electron chi connectivity index (χ1n) is 4.59. The molecular weight excluding hydrogens is 216 g/mol. The van der Waals surface area contributed by atoms with Crippen molar-refractivity contribution in [2.45, 2.75) is 25.5 Å². The van der Waals surface area contributed by atoms with Gasteiger partial charge in [0.05, 0.1) is 10.6 Å². The third kappa shape index (κ3) is 3.03. The smallest absolute Gasteiger partial charge is 0.185 e. The van der Waals surface area contributed by atoms with E-state index in [0.29, 0.717) is 4.88 Å². The first-order chi connectivity index (χ1) is 6.65. The largest absolute Gasteiger partial charge is 0.292 e. The molecule has 1 aromatic rings. The zero-order valence-electron chi connectivity index (χ0n) is 8.36. The summed E-state index contributed by atoms with van der Waals surface area (Å²) < 4.78 is 11.6. The molecule has 0 saturated heterocycles. The number of carbonyl (C=O) groups excluding carboxylic acids is 1. The fourth-order valence-corrected chi connectivity index (χ4v) is 2.79. The maximum Gasteiger partial charge on any atom is 0.185 e. The first kappa shape index (κ1) is 11.6. The summed E-state index contributed by atoms with van der Waals surface area (Å²) in [6, 6.07) is 3.62. The summed E-state index contributed by atoms with van der Waals surface area (Å²) in [6.45, 7) is 3.90. The molecule has 0 bridgehead atoms. The molecule has 0 saturated carbocycles. The summed E-state index contributed by atoms with van der Waals surface area (Å²) in [7, 11) is -1.02. The van der Waals surface area contributed by atoms with Crippen molar-refractivity contribution in [1.82, 2.24) is 0 Å². The van der Waals surface area contributed by atoms with E-state index in [2.05, 4.69) is 0 Å². The normalized spacial score (nSPS) is 15.0. The molecule has 0 amide bonds. The SMILES string of the molecule is CCC(C)S(=O)CC(=O)c1cccs1. The van der Waals surface area contributed by atoms with Crippen LogP contribution >= 0.6 is 11.3 Å². The Morgan fingerprint density at radius 3 is 2.86 bits per heavy atom. The van der Waals surface area contributed by atoms with Gasteiger partial charge < -0.3 is 0 Å². The molecule has 0 radical (unpaired) electrons. The Balaban J connectivity index is 2.54. The quantitative estimate of drug-likeness (QED) is 0.728. The minimum atomic E-state index is -1.02. The van der Waals surface area contributed by atoms with Crippen LogP contribution in [0.25, 0.3) is 0 Å². The van der Waals surface area contributed by atoms with Crippen molar-refractivity contribution in [3.05, 3.63) is 22.4 Å². The standard InChI is InChI=1S/C10H14O2S2/c1-3-8(2)14(12)7-9(11)10-5-4-6-13-10/h4-6,8H,3,7H2,1-2H3. The van der Waals surface area contributed by atoms with Gasteiger partial charge in [-0.1, -0.05) is 19.9 Å². The topological polar surface area (TPSA) is 34.1 Å². The molecule has 2 atom stereocenters. The van der Waals surface area contributed by atoms with E-state index in [1.165, 1.54) is 11.3 Å². The highest BCUT2D eigenvalue weighted by Crippen LogP contribution is 2.11. The molecule has 0 N–H and O–H groups in total. The lowest BCUT2D eigenvalue weighted by Crippen LogP contribution is -2.18. The van der Waals surface area contributed by atoms with Crippen molar-refractivity contribution < 1.29 is 9.00 Å². The lowest BCUT2D eigenvalue weighted by molar-refractivity contribution is 0.102. The van der Waals surface area contributed by atoms with Crippen LogP contribution in [0, 0.1) is 0 Å². The molecule has 0 aliphatic carbocycles. The van der Waals surface area contributed by atoms with Gasteiger partial charge in [-0.2, -0.15) is 0 Å². The van der Waals surface area contributed by atoms with Gasteiger partial charge in [-0.25, -0.2) is 0 Å². The van der Waals surface area contributed by atoms with Crippen molar-refractivity contribution >= 4 is 27.9 Å². The zero-order valence-corrected chi connectivity index (χ0v) is 9.99. The summed E-state index contributed by atoms with van der Waals surface area (Å²) in [5.41, 5.74) is 0. The molecule has 0 spiro atoms. The Hall–Kier alpha value is -0.480. The van der Waals surface area contributed by atoms with Crippen LogP contribution in [0.4, 0.5) is 0 Å². The van der Waals surface area contributed by atoms with Crippen molar-refractivity contribution in [3.8, 4) is 0 Å². The van der Waals surface area contributed by atoms with E-state index < -0.39 is 10.8 Å². The molecular formula is C10H14O2S2. The minimum Gasteiger partial charge on any atom is -0.292 e. The van der Waals surface area contributed by atoms with E-state index in [-0.39, 0.29) is 16.8 Å². The Kier molecular flexibility index (Phi) is 4.48. The van der Waals surface area contributed by atoms with Crippen LogP contribution in [-0.4, -0.2) is 21.0 Å².